The third-order valence-corrected chi connectivity index (χ3v) is 5.15. The maximum Gasteiger partial charge on any atom is 0.272 e. The minimum absolute atomic E-state index is 0.0805. The Labute approximate surface area is 128 Å². The first kappa shape index (κ1) is 13.6. The molecule has 2 aliphatic rings. The topological polar surface area (TPSA) is 90.0 Å². The van der Waals surface area contributed by atoms with Crippen LogP contribution in [0.2, 0.25) is 0 Å². The van der Waals surface area contributed by atoms with Gasteiger partial charge in [0, 0.05) is 12.6 Å². The Kier molecular flexibility index (Phi) is 3.26. The van der Waals surface area contributed by atoms with Gasteiger partial charge in [-0.15, -0.1) is 0 Å². The number of rotatable bonds is 2. The second-order valence-electron chi connectivity index (χ2n) is 6.35. The van der Waals surface area contributed by atoms with Gasteiger partial charge in [-0.05, 0) is 49.8 Å². The molecule has 2 unspecified atom stereocenters. The van der Waals surface area contributed by atoms with Crippen LogP contribution in [0, 0.1) is 11.8 Å². The summed E-state index contributed by atoms with van der Waals surface area (Å²) in [6.07, 6.45) is 3.65. The third-order valence-electron chi connectivity index (χ3n) is 5.15. The molecule has 6 nitrogen and oxygen atoms in total. The summed E-state index contributed by atoms with van der Waals surface area (Å²) in [6, 6.07) is 5.25. The van der Waals surface area contributed by atoms with Crippen LogP contribution in [0.4, 0.5) is 0 Å². The highest BCUT2D eigenvalue weighted by atomic mass is 16.3. The molecule has 2 heterocycles. The van der Waals surface area contributed by atoms with Gasteiger partial charge in [0.05, 0.1) is 10.9 Å². The van der Waals surface area contributed by atoms with Crippen molar-refractivity contribution in [2.75, 3.05) is 13.1 Å². The van der Waals surface area contributed by atoms with Crippen molar-refractivity contribution in [2.45, 2.75) is 25.3 Å². The van der Waals surface area contributed by atoms with Gasteiger partial charge < -0.3 is 15.7 Å². The van der Waals surface area contributed by atoms with Crippen molar-refractivity contribution < 1.29 is 9.90 Å². The quantitative estimate of drug-likeness (QED) is 0.674. The fraction of sp³-hybridized carbons (Fsp3) is 0.500. The minimum Gasteiger partial charge on any atom is -0.507 e. The molecular weight excluding hydrogens is 280 g/mol. The van der Waals surface area contributed by atoms with Crippen LogP contribution in [-0.2, 0) is 0 Å². The first-order valence-corrected chi connectivity index (χ1v) is 7.91. The molecule has 22 heavy (non-hydrogen) atoms. The summed E-state index contributed by atoms with van der Waals surface area (Å²) in [5.41, 5.74) is 0.943. The van der Waals surface area contributed by atoms with Gasteiger partial charge in [-0.1, -0.05) is 6.07 Å². The summed E-state index contributed by atoms with van der Waals surface area (Å²) in [6.45, 7) is 1.83. The Morgan fingerprint density at radius 3 is 3.05 bits per heavy atom. The lowest BCUT2D eigenvalue weighted by atomic mass is 9.69. The molecule has 1 saturated carbocycles. The highest BCUT2D eigenvalue weighted by molar-refractivity contribution is 6.07. The second-order valence-corrected chi connectivity index (χ2v) is 6.35. The first-order chi connectivity index (χ1) is 10.7. The summed E-state index contributed by atoms with van der Waals surface area (Å²) in [7, 11) is 0. The number of amides is 1. The van der Waals surface area contributed by atoms with E-state index in [1.807, 2.05) is 0 Å². The number of aromatic amines is 1. The number of aromatic hydroxyl groups is 1. The lowest BCUT2D eigenvalue weighted by Crippen LogP contribution is -2.49. The smallest absolute Gasteiger partial charge is 0.272 e. The van der Waals surface area contributed by atoms with E-state index in [0.717, 1.165) is 19.0 Å². The van der Waals surface area contributed by atoms with E-state index >= 15 is 0 Å². The molecule has 1 aromatic carbocycles. The lowest BCUT2D eigenvalue weighted by Gasteiger charge is -2.40. The van der Waals surface area contributed by atoms with Crippen LogP contribution in [0.25, 0.3) is 10.9 Å². The number of hydrogen-bond acceptors (Lipinski definition) is 4. The third kappa shape index (κ3) is 2.14. The molecule has 2 aromatic rings. The molecule has 6 heteroatoms. The van der Waals surface area contributed by atoms with Crippen LogP contribution in [0.5, 0.6) is 5.75 Å². The summed E-state index contributed by atoms with van der Waals surface area (Å²) in [4.78, 5) is 12.6. The molecule has 3 atom stereocenters. The molecular formula is C16H20N4O2. The number of hydrogen-bond donors (Lipinski definition) is 4. The SMILES string of the molecule is O=C(N[C@@H]1CNCCC2CCC21)c1n[nH]c2cccc(O)c12. The average Bonchev–Trinajstić information content (AvgIpc) is 2.85. The molecule has 0 radical (unpaired) electrons. The summed E-state index contributed by atoms with van der Waals surface area (Å²) in [5, 5.41) is 23.9. The number of nitrogens with one attached hydrogen (secondary N) is 3. The predicted molar refractivity (Wildman–Crippen MR) is 82.7 cm³/mol. The van der Waals surface area contributed by atoms with Crippen LogP contribution >= 0.6 is 0 Å². The Hall–Kier alpha value is -2.08. The van der Waals surface area contributed by atoms with Crippen molar-refractivity contribution >= 4 is 16.8 Å². The summed E-state index contributed by atoms with van der Waals surface area (Å²) in [5.74, 6) is 1.16. The average molecular weight is 300 g/mol. The zero-order valence-corrected chi connectivity index (χ0v) is 12.3. The van der Waals surface area contributed by atoms with E-state index in [0.29, 0.717) is 16.8 Å². The molecule has 116 valence electrons. The van der Waals surface area contributed by atoms with Crippen LogP contribution in [0.3, 0.4) is 0 Å². The van der Waals surface area contributed by atoms with Gasteiger partial charge in [0.15, 0.2) is 5.69 Å². The maximum atomic E-state index is 12.6. The van der Waals surface area contributed by atoms with Crippen molar-refractivity contribution in [2.24, 2.45) is 11.8 Å². The molecule has 1 aliphatic heterocycles. The summed E-state index contributed by atoms with van der Waals surface area (Å²) >= 11 is 0. The molecule has 1 aliphatic carbocycles. The van der Waals surface area contributed by atoms with Gasteiger partial charge in [0.25, 0.3) is 5.91 Å². The Balaban J connectivity index is 1.58. The van der Waals surface area contributed by atoms with Crippen LogP contribution in [0.15, 0.2) is 18.2 Å². The minimum atomic E-state index is -0.216. The van der Waals surface area contributed by atoms with E-state index in [-0.39, 0.29) is 23.4 Å². The van der Waals surface area contributed by atoms with E-state index < -0.39 is 0 Å². The van der Waals surface area contributed by atoms with Gasteiger partial charge in [-0.2, -0.15) is 5.10 Å². The Bertz CT molecular complexity index is 711. The van der Waals surface area contributed by atoms with Crippen molar-refractivity contribution in [3.8, 4) is 5.75 Å². The molecule has 4 N–H and O–H groups in total. The van der Waals surface area contributed by atoms with Gasteiger partial charge in [0.2, 0.25) is 0 Å². The zero-order chi connectivity index (χ0) is 15.1. The number of H-pyrrole nitrogens is 1. The molecule has 2 fully saturated rings. The van der Waals surface area contributed by atoms with Crippen molar-refractivity contribution in [3.63, 3.8) is 0 Å². The Morgan fingerprint density at radius 2 is 2.23 bits per heavy atom. The van der Waals surface area contributed by atoms with E-state index in [1.54, 1.807) is 18.2 Å². The van der Waals surface area contributed by atoms with Gasteiger partial charge in [-0.3, -0.25) is 9.89 Å². The van der Waals surface area contributed by atoms with Gasteiger partial charge >= 0.3 is 0 Å². The number of aromatic nitrogens is 2. The van der Waals surface area contributed by atoms with Crippen molar-refractivity contribution in [1.82, 2.24) is 20.8 Å². The molecule has 1 amide bonds. The number of benzene rings is 1. The van der Waals surface area contributed by atoms with Gasteiger partial charge in [0.1, 0.15) is 5.75 Å². The fourth-order valence-electron chi connectivity index (χ4n) is 3.79. The number of carbonyl (C=O) groups excluding carboxylic acids is 1. The molecule has 4 rings (SSSR count). The first-order valence-electron chi connectivity index (χ1n) is 7.91. The van der Waals surface area contributed by atoms with E-state index in [1.165, 1.54) is 19.3 Å². The van der Waals surface area contributed by atoms with Gasteiger partial charge in [-0.25, -0.2) is 0 Å². The fourth-order valence-corrected chi connectivity index (χ4v) is 3.79. The standard InChI is InChI=1S/C16H20N4O2/c21-13-3-1-2-11-14(13)15(20-19-11)16(22)18-12-8-17-7-6-9-4-5-10(9)12/h1-3,9-10,12,17,21H,4-8H2,(H,18,22)(H,19,20)/t9?,10?,12-/m1/s1. The predicted octanol–water partition coefficient (Wildman–Crippen LogP) is 1.39. The van der Waals surface area contributed by atoms with Crippen molar-refractivity contribution in [3.05, 3.63) is 23.9 Å². The Morgan fingerprint density at radius 1 is 1.32 bits per heavy atom. The van der Waals surface area contributed by atoms with Crippen LogP contribution in [-0.4, -0.2) is 40.3 Å². The number of carbonyl (C=O) groups is 1. The number of phenols is 1. The van der Waals surface area contributed by atoms with Crippen LogP contribution < -0.4 is 10.6 Å². The number of phenolic OH excluding ortho intramolecular Hbond substituents is 1. The number of fused-ring (bicyclic) bond motifs is 2. The zero-order valence-electron chi connectivity index (χ0n) is 12.3. The van der Waals surface area contributed by atoms with Crippen LogP contribution in [0.1, 0.15) is 29.8 Å². The monoisotopic (exact) mass is 300 g/mol. The maximum absolute atomic E-state index is 12.6. The highest BCUT2D eigenvalue weighted by Crippen LogP contribution is 2.40. The summed E-state index contributed by atoms with van der Waals surface area (Å²) < 4.78 is 0. The van der Waals surface area contributed by atoms with E-state index in [9.17, 15) is 9.90 Å². The van der Waals surface area contributed by atoms with E-state index in [2.05, 4.69) is 20.8 Å². The molecule has 1 aromatic heterocycles. The van der Waals surface area contributed by atoms with E-state index in [4.69, 9.17) is 0 Å². The molecule has 0 bridgehead atoms. The molecule has 0 spiro atoms. The lowest BCUT2D eigenvalue weighted by molar-refractivity contribution is 0.0844. The molecule has 1 saturated heterocycles. The largest absolute Gasteiger partial charge is 0.507 e. The normalized spacial score (nSPS) is 27.7. The highest BCUT2D eigenvalue weighted by Gasteiger charge is 2.39. The van der Waals surface area contributed by atoms with Crippen molar-refractivity contribution in [1.29, 1.82) is 0 Å². The second kappa shape index (κ2) is 5.28. The number of nitrogens with zero attached hydrogens (tertiary/aromatic N) is 1.